The first kappa shape index (κ1) is 17.8. The molecule has 1 aromatic carbocycles. The molecule has 2 heterocycles. The van der Waals surface area contributed by atoms with Gasteiger partial charge in [0, 0.05) is 11.6 Å². The number of nitrogen functional groups attached to an aromatic ring is 1. The SMILES string of the molecule is Cc1cc(-c2cc(N)n(C3CCS(=O)(=O)C3)n2)ccc1OCC(C)C. The molecule has 3 rings (SSSR count). The maximum Gasteiger partial charge on any atom is 0.152 e. The van der Waals surface area contributed by atoms with E-state index in [1.54, 1.807) is 10.7 Å². The number of hydrogen-bond donors (Lipinski definition) is 1. The van der Waals surface area contributed by atoms with Gasteiger partial charge in [0.1, 0.15) is 11.6 Å². The van der Waals surface area contributed by atoms with Crippen molar-refractivity contribution in [2.45, 2.75) is 33.2 Å². The van der Waals surface area contributed by atoms with Crippen LogP contribution in [0.3, 0.4) is 0 Å². The molecule has 6 nitrogen and oxygen atoms in total. The van der Waals surface area contributed by atoms with Crippen LogP contribution in [0.2, 0.25) is 0 Å². The minimum absolute atomic E-state index is 0.110. The van der Waals surface area contributed by atoms with Crippen molar-refractivity contribution in [2.75, 3.05) is 23.8 Å². The van der Waals surface area contributed by atoms with Gasteiger partial charge in [0.25, 0.3) is 0 Å². The number of hydrogen-bond acceptors (Lipinski definition) is 5. The topological polar surface area (TPSA) is 87.2 Å². The van der Waals surface area contributed by atoms with Crippen LogP contribution >= 0.6 is 0 Å². The van der Waals surface area contributed by atoms with Crippen LogP contribution in [0.4, 0.5) is 5.82 Å². The molecule has 7 heteroatoms. The lowest BCUT2D eigenvalue weighted by Crippen LogP contribution is -2.14. The van der Waals surface area contributed by atoms with Gasteiger partial charge in [0.15, 0.2) is 9.84 Å². The Hall–Kier alpha value is -2.02. The molecule has 136 valence electrons. The molecular weight excluding hydrogens is 338 g/mol. The molecule has 1 atom stereocenters. The molecule has 0 aliphatic carbocycles. The fraction of sp³-hybridized carbons (Fsp3) is 0.500. The van der Waals surface area contributed by atoms with Gasteiger partial charge in [-0.2, -0.15) is 5.10 Å². The van der Waals surface area contributed by atoms with Crippen molar-refractivity contribution in [1.82, 2.24) is 9.78 Å². The Balaban J connectivity index is 1.83. The Labute approximate surface area is 148 Å². The average Bonchev–Trinajstić information content (AvgIpc) is 3.08. The van der Waals surface area contributed by atoms with Gasteiger partial charge < -0.3 is 10.5 Å². The summed E-state index contributed by atoms with van der Waals surface area (Å²) >= 11 is 0. The summed E-state index contributed by atoms with van der Waals surface area (Å²) in [5.74, 6) is 2.14. The number of rotatable bonds is 5. The number of nitrogens with zero attached hydrogens (tertiary/aromatic N) is 2. The highest BCUT2D eigenvalue weighted by Crippen LogP contribution is 2.30. The first-order chi connectivity index (χ1) is 11.7. The summed E-state index contributed by atoms with van der Waals surface area (Å²) in [7, 11) is -2.97. The normalized spacial score (nSPS) is 19.4. The number of benzene rings is 1. The summed E-state index contributed by atoms with van der Waals surface area (Å²) < 4.78 is 30.9. The van der Waals surface area contributed by atoms with Crippen molar-refractivity contribution >= 4 is 15.7 Å². The van der Waals surface area contributed by atoms with E-state index in [4.69, 9.17) is 10.5 Å². The van der Waals surface area contributed by atoms with Gasteiger partial charge in [0.05, 0.1) is 29.8 Å². The molecule has 0 saturated carbocycles. The van der Waals surface area contributed by atoms with Crippen LogP contribution in [0.1, 0.15) is 31.9 Å². The van der Waals surface area contributed by atoms with Crippen molar-refractivity contribution in [3.63, 3.8) is 0 Å². The van der Waals surface area contributed by atoms with E-state index < -0.39 is 9.84 Å². The second-order valence-electron chi connectivity index (χ2n) is 7.14. The number of nitrogens with two attached hydrogens (primary N) is 1. The summed E-state index contributed by atoms with van der Waals surface area (Å²) in [6.45, 7) is 6.91. The minimum Gasteiger partial charge on any atom is -0.493 e. The van der Waals surface area contributed by atoms with Crippen LogP contribution in [0.15, 0.2) is 24.3 Å². The summed E-state index contributed by atoms with van der Waals surface area (Å²) in [5, 5.41) is 4.56. The van der Waals surface area contributed by atoms with Gasteiger partial charge in [0.2, 0.25) is 0 Å². The summed E-state index contributed by atoms with van der Waals surface area (Å²) in [6, 6.07) is 7.55. The highest BCUT2D eigenvalue weighted by molar-refractivity contribution is 7.91. The van der Waals surface area contributed by atoms with Crippen molar-refractivity contribution in [1.29, 1.82) is 0 Å². The van der Waals surface area contributed by atoms with Crippen LogP contribution in [0.25, 0.3) is 11.3 Å². The third-order valence-corrected chi connectivity index (χ3v) is 6.11. The molecule has 1 unspecified atom stereocenters. The zero-order valence-electron chi connectivity index (χ0n) is 14.9. The van der Waals surface area contributed by atoms with E-state index in [1.807, 2.05) is 25.1 Å². The molecule has 1 fully saturated rings. The predicted molar refractivity (Wildman–Crippen MR) is 99.5 cm³/mol. The molecule has 1 aliphatic heterocycles. The van der Waals surface area contributed by atoms with Crippen molar-refractivity contribution in [3.8, 4) is 17.0 Å². The number of aryl methyl sites for hydroxylation is 1. The summed E-state index contributed by atoms with van der Waals surface area (Å²) in [4.78, 5) is 0. The van der Waals surface area contributed by atoms with Gasteiger partial charge in [-0.15, -0.1) is 0 Å². The second kappa shape index (κ2) is 6.71. The highest BCUT2D eigenvalue weighted by atomic mass is 32.2. The monoisotopic (exact) mass is 363 g/mol. The zero-order valence-corrected chi connectivity index (χ0v) is 15.7. The third-order valence-electron chi connectivity index (χ3n) is 4.36. The molecule has 25 heavy (non-hydrogen) atoms. The average molecular weight is 363 g/mol. The zero-order chi connectivity index (χ0) is 18.2. The Morgan fingerprint density at radius 3 is 2.72 bits per heavy atom. The molecule has 0 spiro atoms. The quantitative estimate of drug-likeness (QED) is 0.882. The Morgan fingerprint density at radius 1 is 1.36 bits per heavy atom. The van der Waals surface area contributed by atoms with Crippen molar-refractivity contribution < 1.29 is 13.2 Å². The lowest BCUT2D eigenvalue weighted by molar-refractivity contribution is 0.269. The summed E-state index contributed by atoms with van der Waals surface area (Å²) in [5.41, 5.74) is 8.81. The molecule has 0 amide bonds. The molecule has 2 aromatic rings. The maximum absolute atomic E-state index is 11.7. The number of aromatic nitrogens is 2. The van der Waals surface area contributed by atoms with Crippen LogP contribution in [-0.4, -0.2) is 36.3 Å². The van der Waals surface area contributed by atoms with Gasteiger partial charge in [-0.25, -0.2) is 13.1 Å². The van der Waals surface area contributed by atoms with Crippen molar-refractivity contribution in [3.05, 3.63) is 29.8 Å². The molecule has 0 bridgehead atoms. The molecule has 1 saturated heterocycles. The Morgan fingerprint density at radius 2 is 2.12 bits per heavy atom. The lowest BCUT2D eigenvalue weighted by Gasteiger charge is -2.12. The molecule has 1 aromatic heterocycles. The van der Waals surface area contributed by atoms with E-state index in [0.29, 0.717) is 24.8 Å². The van der Waals surface area contributed by atoms with E-state index in [1.165, 1.54) is 0 Å². The standard InChI is InChI=1S/C18H25N3O3S/c1-12(2)10-24-17-5-4-14(8-13(17)3)16-9-18(19)21(20-16)15-6-7-25(22,23)11-15/h4-5,8-9,12,15H,6-7,10-11,19H2,1-3H3. The number of sulfone groups is 1. The number of ether oxygens (including phenoxy) is 1. The van der Waals surface area contributed by atoms with Gasteiger partial charge in [-0.05, 0) is 43.0 Å². The Kier molecular flexibility index (Phi) is 4.77. The van der Waals surface area contributed by atoms with Gasteiger partial charge >= 0.3 is 0 Å². The number of anilines is 1. The third kappa shape index (κ3) is 3.98. The molecule has 0 radical (unpaired) electrons. The molecule has 2 N–H and O–H groups in total. The van der Waals surface area contributed by atoms with Gasteiger partial charge in [-0.3, -0.25) is 0 Å². The van der Waals surface area contributed by atoms with Crippen molar-refractivity contribution in [2.24, 2.45) is 5.92 Å². The first-order valence-corrected chi connectivity index (χ1v) is 10.4. The minimum atomic E-state index is -2.97. The van der Waals surface area contributed by atoms with E-state index >= 15 is 0 Å². The van der Waals surface area contributed by atoms with Crippen LogP contribution in [0.5, 0.6) is 5.75 Å². The van der Waals surface area contributed by atoms with Gasteiger partial charge in [-0.1, -0.05) is 13.8 Å². The molecule has 1 aliphatic rings. The highest BCUT2D eigenvalue weighted by Gasteiger charge is 2.31. The second-order valence-corrected chi connectivity index (χ2v) is 9.37. The van der Waals surface area contributed by atoms with E-state index in [2.05, 4.69) is 18.9 Å². The van der Waals surface area contributed by atoms with E-state index in [-0.39, 0.29) is 17.5 Å². The molecular formula is C18H25N3O3S. The predicted octanol–water partition coefficient (Wildman–Crippen LogP) is 2.84. The van der Waals surface area contributed by atoms with E-state index in [9.17, 15) is 8.42 Å². The first-order valence-electron chi connectivity index (χ1n) is 8.54. The van der Waals surface area contributed by atoms with Crippen LogP contribution < -0.4 is 10.5 Å². The van der Waals surface area contributed by atoms with Crippen LogP contribution in [-0.2, 0) is 9.84 Å². The Bertz CT molecular complexity index is 872. The largest absolute Gasteiger partial charge is 0.493 e. The van der Waals surface area contributed by atoms with Crippen LogP contribution in [0, 0.1) is 12.8 Å². The fourth-order valence-corrected chi connectivity index (χ4v) is 4.73. The lowest BCUT2D eigenvalue weighted by atomic mass is 10.1. The van der Waals surface area contributed by atoms with E-state index in [0.717, 1.165) is 22.6 Å². The maximum atomic E-state index is 11.7. The summed E-state index contributed by atoms with van der Waals surface area (Å²) in [6.07, 6.45) is 0.564. The fourth-order valence-electron chi connectivity index (χ4n) is 3.04. The smallest absolute Gasteiger partial charge is 0.152 e.